The third-order valence-corrected chi connectivity index (χ3v) is 4.37. The summed E-state index contributed by atoms with van der Waals surface area (Å²) in [6, 6.07) is 20.2. The lowest BCUT2D eigenvalue weighted by Gasteiger charge is -2.10. The molecular weight excluding hydrogens is 396 g/mol. The monoisotopic (exact) mass is 418 g/mol. The van der Waals surface area contributed by atoms with Crippen LogP contribution >= 0.6 is 0 Å². The number of amides is 2. The summed E-state index contributed by atoms with van der Waals surface area (Å²) in [5.74, 6) is 0.382. The van der Waals surface area contributed by atoms with E-state index in [-0.39, 0.29) is 24.2 Å². The number of ether oxygens (including phenoxy) is 2. The lowest BCUT2D eigenvalue weighted by atomic mass is 10.1. The molecule has 3 rings (SSSR count). The Morgan fingerprint density at radius 2 is 1.45 bits per heavy atom. The van der Waals surface area contributed by atoms with Crippen molar-refractivity contribution in [2.24, 2.45) is 0 Å². The Hall–Kier alpha value is -4.13. The Balaban J connectivity index is 1.53. The molecule has 7 heteroatoms. The van der Waals surface area contributed by atoms with Crippen molar-refractivity contribution in [2.75, 3.05) is 24.4 Å². The Labute approximate surface area is 180 Å². The lowest BCUT2D eigenvalue weighted by molar-refractivity contribution is -0.118. The van der Waals surface area contributed by atoms with Gasteiger partial charge in [-0.15, -0.1) is 0 Å². The van der Waals surface area contributed by atoms with Crippen LogP contribution in [-0.4, -0.2) is 31.3 Å². The van der Waals surface area contributed by atoms with Crippen LogP contribution in [0.25, 0.3) is 0 Å². The Bertz CT molecular complexity index is 1090. The second kappa shape index (κ2) is 10.1. The van der Waals surface area contributed by atoms with E-state index >= 15 is 0 Å². The maximum Gasteiger partial charge on any atom is 0.262 e. The van der Waals surface area contributed by atoms with E-state index in [1.807, 2.05) is 0 Å². The molecule has 0 aliphatic rings. The van der Waals surface area contributed by atoms with Gasteiger partial charge in [-0.25, -0.2) is 0 Å². The maximum absolute atomic E-state index is 12.4. The van der Waals surface area contributed by atoms with Gasteiger partial charge in [0.15, 0.2) is 12.4 Å². The molecule has 0 saturated heterocycles. The van der Waals surface area contributed by atoms with E-state index < -0.39 is 0 Å². The van der Waals surface area contributed by atoms with E-state index in [4.69, 9.17) is 9.47 Å². The van der Waals surface area contributed by atoms with E-state index in [0.29, 0.717) is 34.0 Å². The predicted molar refractivity (Wildman–Crippen MR) is 118 cm³/mol. The zero-order chi connectivity index (χ0) is 22.2. The number of Topliss-reactive ketones (excluding diaryl/α,β-unsaturated/α-hetero) is 1. The highest BCUT2D eigenvalue weighted by Crippen LogP contribution is 2.18. The van der Waals surface area contributed by atoms with Gasteiger partial charge in [-0.2, -0.15) is 0 Å². The van der Waals surface area contributed by atoms with Crippen molar-refractivity contribution in [3.63, 3.8) is 0 Å². The predicted octanol–water partition coefficient (Wildman–Crippen LogP) is 4.17. The molecule has 0 bridgehead atoms. The van der Waals surface area contributed by atoms with Gasteiger partial charge in [0.25, 0.3) is 11.8 Å². The Kier molecular flexibility index (Phi) is 7.01. The summed E-state index contributed by atoms with van der Waals surface area (Å²) >= 11 is 0. The average molecular weight is 418 g/mol. The number of rotatable bonds is 8. The molecule has 0 unspecified atom stereocenters. The van der Waals surface area contributed by atoms with Crippen LogP contribution < -0.4 is 20.1 Å². The van der Waals surface area contributed by atoms with Gasteiger partial charge >= 0.3 is 0 Å². The van der Waals surface area contributed by atoms with Crippen molar-refractivity contribution in [1.29, 1.82) is 0 Å². The summed E-state index contributed by atoms with van der Waals surface area (Å²) in [4.78, 5) is 36.0. The van der Waals surface area contributed by atoms with Gasteiger partial charge in [-0.1, -0.05) is 18.2 Å². The maximum atomic E-state index is 12.4. The lowest BCUT2D eigenvalue weighted by Crippen LogP contribution is -2.20. The van der Waals surface area contributed by atoms with Crippen molar-refractivity contribution >= 4 is 29.0 Å². The normalized spacial score (nSPS) is 10.1. The summed E-state index contributed by atoms with van der Waals surface area (Å²) in [6.07, 6.45) is 0. The number of hydrogen-bond donors (Lipinski definition) is 2. The molecule has 0 aromatic heterocycles. The van der Waals surface area contributed by atoms with E-state index in [1.165, 1.54) is 6.92 Å². The molecule has 158 valence electrons. The standard InChI is InChI=1S/C24H22N2O5/c1-16(27)18-5-3-6-19(13-18)26-24(29)17-9-11-21(12-10-17)31-15-23(28)25-20-7-4-8-22(14-20)30-2/h3-14H,15H2,1-2H3,(H,25,28)(H,26,29). The third-order valence-electron chi connectivity index (χ3n) is 4.37. The highest BCUT2D eigenvalue weighted by Gasteiger charge is 2.09. The zero-order valence-corrected chi connectivity index (χ0v) is 17.2. The molecule has 0 spiro atoms. The molecule has 0 saturated carbocycles. The van der Waals surface area contributed by atoms with Crippen molar-refractivity contribution in [3.8, 4) is 11.5 Å². The fraction of sp³-hybridized carbons (Fsp3) is 0.125. The molecule has 0 aliphatic heterocycles. The van der Waals surface area contributed by atoms with E-state index in [9.17, 15) is 14.4 Å². The minimum Gasteiger partial charge on any atom is -0.497 e. The Morgan fingerprint density at radius 3 is 2.13 bits per heavy atom. The molecule has 0 radical (unpaired) electrons. The van der Waals surface area contributed by atoms with Crippen LogP contribution in [0.3, 0.4) is 0 Å². The van der Waals surface area contributed by atoms with Crippen LogP contribution in [0.4, 0.5) is 11.4 Å². The van der Waals surface area contributed by atoms with Crippen molar-refractivity contribution < 1.29 is 23.9 Å². The molecule has 2 amide bonds. The molecule has 0 heterocycles. The van der Waals surface area contributed by atoms with Gasteiger partial charge in [0.2, 0.25) is 0 Å². The first-order valence-corrected chi connectivity index (χ1v) is 9.54. The molecule has 0 aliphatic carbocycles. The third kappa shape index (κ3) is 6.17. The van der Waals surface area contributed by atoms with Crippen LogP contribution in [0.2, 0.25) is 0 Å². The van der Waals surface area contributed by atoms with Crippen LogP contribution in [0.1, 0.15) is 27.6 Å². The van der Waals surface area contributed by atoms with Gasteiger partial charge in [-0.05, 0) is 55.5 Å². The van der Waals surface area contributed by atoms with Crippen molar-refractivity contribution in [1.82, 2.24) is 0 Å². The number of ketones is 1. The fourth-order valence-corrected chi connectivity index (χ4v) is 2.77. The van der Waals surface area contributed by atoms with Crippen molar-refractivity contribution in [3.05, 3.63) is 83.9 Å². The second-order valence-electron chi connectivity index (χ2n) is 6.68. The number of hydrogen-bond acceptors (Lipinski definition) is 5. The number of methoxy groups -OCH3 is 1. The molecule has 0 atom stereocenters. The van der Waals surface area contributed by atoms with Crippen LogP contribution in [-0.2, 0) is 4.79 Å². The SMILES string of the molecule is COc1cccc(NC(=O)COc2ccc(C(=O)Nc3cccc(C(C)=O)c3)cc2)c1. The average Bonchev–Trinajstić information content (AvgIpc) is 2.78. The van der Waals surface area contributed by atoms with Gasteiger partial charge < -0.3 is 20.1 Å². The van der Waals surface area contributed by atoms with E-state index in [1.54, 1.807) is 79.9 Å². The quantitative estimate of drug-likeness (QED) is 0.536. The van der Waals surface area contributed by atoms with Gasteiger partial charge in [-0.3, -0.25) is 14.4 Å². The minimum atomic E-state index is -0.319. The molecular formula is C24H22N2O5. The number of anilines is 2. The first kappa shape index (κ1) is 21.6. The van der Waals surface area contributed by atoms with Gasteiger partial charge in [0, 0.05) is 28.6 Å². The second-order valence-corrected chi connectivity index (χ2v) is 6.68. The highest BCUT2D eigenvalue weighted by atomic mass is 16.5. The number of carbonyl (C=O) groups excluding carboxylic acids is 3. The minimum absolute atomic E-state index is 0.0759. The van der Waals surface area contributed by atoms with Crippen LogP contribution in [0, 0.1) is 0 Å². The summed E-state index contributed by atoms with van der Waals surface area (Å²) in [7, 11) is 1.55. The molecule has 0 fully saturated rings. The van der Waals surface area contributed by atoms with E-state index in [2.05, 4.69) is 10.6 Å². The topological polar surface area (TPSA) is 93.7 Å². The first-order valence-electron chi connectivity index (χ1n) is 9.54. The van der Waals surface area contributed by atoms with Crippen molar-refractivity contribution in [2.45, 2.75) is 6.92 Å². The Morgan fingerprint density at radius 1 is 0.774 bits per heavy atom. The van der Waals surface area contributed by atoms with Crippen LogP contribution in [0.5, 0.6) is 11.5 Å². The molecule has 3 aromatic carbocycles. The zero-order valence-electron chi connectivity index (χ0n) is 17.2. The first-order chi connectivity index (χ1) is 14.9. The summed E-state index contributed by atoms with van der Waals surface area (Å²) < 4.78 is 10.6. The number of nitrogens with one attached hydrogen (secondary N) is 2. The molecule has 3 aromatic rings. The smallest absolute Gasteiger partial charge is 0.262 e. The van der Waals surface area contributed by atoms with Gasteiger partial charge in [0.1, 0.15) is 11.5 Å². The molecule has 2 N–H and O–H groups in total. The van der Waals surface area contributed by atoms with Crippen LogP contribution in [0.15, 0.2) is 72.8 Å². The molecule has 31 heavy (non-hydrogen) atoms. The fourth-order valence-electron chi connectivity index (χ4n) is 2.77. The number of benzene rings is 3. The largest absolute Gasteiger partial charge is 0.497 e. The summed E-state index contributed by atoms with van der Waals surface area (Å²) in [6.45, 7) is 1.29. The van der Waals surface area contributed by atoms with E-state index in [0.717, 1.165) is 0 Å². The van der Waals surface area contributed by atoms with Gasteiger partial charge in [0.05, 0.1) is 7.11 Å². The summed E-state index contributed by atoms with van der Waals surface area (Å²) in [5.41, 5.74) is 2.08. The number of carbonyl (C=O) groups is 3. The highest BCUT2D eigenvalue weighted by molar-refractivity contribution is 6.05. The summed E-state index contributed by atoms with van der Waals surface area (Å²) in [5, 5.41) is 5.48. The molecule has 7 nitrogen and oxygen atoms in total.